The number of hydrogen-bond acceptors (Lipinski definition) is 3. The second-order valence-corrected chi connectivity index (χ2v) is 3.02. The molecule has 0 fully saturated rings. The van der Waals surface area contributed by atoms with Crippen LogP contribution in [0.2, 0.25) is 5.02 Å². The van der Waals surface area contributed by atoms with Gasteiger partial charge in [0.2, 0.25) is 0 Å². The van der Waals surface area contributed by atoms with E-state index in [9.17, 15) is 4.39 Å². The van der Waals surface area contributed by atoms with E-state index >= 15 is 0 Å². The number of phenolic OH excluding ortho intramolecular Hbond substituents is 1. The molecule has 0 atom stereocenters. The molecular weight excluding hydrogens is 219 g/mol. The number of phenols is 1. The third-order valence-electron chi connectivity index (χ3n) is 1.59. The highest BCUT2D eigenvalue weighted by Gasteiger charge is 2.07. The molecule has 0 heterocycles. The fraction of sp³-hybridized carbons (Fsp3) is 0. The maximum absolute atomic E-state index is 13.0. The van der Waals surface area contributed by atoms with Crippen molar-refractivity contribution in [2.45, 2.75) is 0 Å². The van der Waals surface area contributed by atoms with Gasteiger partial charge in [0, 0.05) is 0 Å². The van der Waals surface area contributed by atoms with E-state index in [1.54, 1.807) is 12.1 Å². The van der Waals surface area contributed by atoms with E-state index in [1.165, 1.54) is 12.1 Å². The molecule has 0 radical (unpaired) electrons. The number of rotatable bonds is 1. The zero-order chi connectivity index (χ0) is 11.4. The number of aromatic hydroxyl groups is 1. The van der Waals surface area contributed by atoms with E-state index in [2.05, 4.69) is 0 Å². The van der Waals surface area contributed by atoms with Gasteiger partial charge in [0.25, 0.3) is 0 Å². The molecule has 0 saturated heterocycles. The fourth-order valence-corrected chi connectivity index (χ4v) is 1.14. The predicted octanol–water partition coefficient (Wildman–Crippen LogP) is 2.62. The Bertz CT molecular complexity index is 472. The first-order valence-electron chi connectivity index (χ1n) is 3.78. The molecule has 1 N–H and O–H groups in total. The summed E-state index contributed by atoms with van der Waals surface area (Å²) in [5.74, 6) is -1.55. The zero-order valence-corrected chi connectivity index (χ0v) is 8.09. The van der Waals surface area contributed by atoms with E-state index in [-0.39, 0.29) is 16.2 Å². The largest absolute Gasteiger partial charge is 0.504 e. The number of hydrogen-bond donors (Lipinski definition) is 1. The summed E-state index contributed by atoms with van der Waals surface area (Å²) in [5, 5.41) is 25.8. The average Bonchev–Trinajstić information content (AvgIpc) is 2.22. The molecule has 74 valence electrons. The molecule has 0 aliphatic heterocycles. The van der Waals surface area contributed by atoms with Gasteiger partial charge in [-0.15, -0.1) is 0 Å². The van der Waals surface area contributed by atoms with E-state index in [0.29, 0.717) is 0 Å². The highest BCUT2D eigenvalue weighted by molar-refractivity contribution is 6.32. The zero-order valence-electron chi connectivity index (χ0n) is 7.33. The minimum Gasteiger partial charge on any atom is -0.504 e. The Labute approximate surface area is 90.2 Å². The summed E-state index contributed by atoms with van der Waals surface area (Å²) in [4.78, 5) is 0. The van der Waals surface area contributed by atoms with Crippen molar-refractivity contribution in [1.82, 2.24) is 0 Å². The van der Waals surface area contributed by atoms with Gasteiger partial charge < -0.3 is 5.11 Å². The molecule has 3 nitrogen and oxygen atoms in total. The topological polar surface area (TPSA) is 67.8 Å². The summed E-state index contributed by atoms with van der Waals surface area (Å²) in [6.07, 6.45) is 1.18. The van der Waals surface area contributed by atoms with E-state index in [1.807, 2.05) is 0 Å². The summed E-state index contributed by atoms with van der Waals surface area (Å²) >= 11 is 5.50. The minimum absolute atomic E-state index is 0.170. The van der Waals surface area contributed by atoms with Crippen LogP contribution in [0.15, 0.2) is 17.7 Å². The van der Waals surface area contributed by atoms with Gasteiger partial charge in [-0.05, 0) is 23.8 Å². The van der Waals surface area contributed by atoms with Crippen LogP contribution >= 0.6 is 11.6 Å². The molecule has 0 aromatic heterocycles. The quantitative estimate of drug-likeness (QED) is 0.743. The lowest BCUT2D eigenvalue weighted by molar-refractivity contribution is 0.432. The minimum atomic E-state index is -0.899. The number of benzene rings is 1. The van der Waals surface area contributed by atoms with Gasteiger partial charge in [-0.3, -0.25) is 0 Å². The Hall–Kier alpha value is -2.04. The van der Waals surface area contributed by atoms with Gasteiger partial charge in [-0.2, -0.15) is 10.5 Å². The molecule has 0 saturated carbocycles. The summed E-state index contributed by atoms with van der Waals surface area (Å²) < 4.78 is 13.0. The van der Waals surface area contributed by atoms with Gasteiger partial charge in [-0.25, -0.2) is 4.39 Å². The third-order valence-corrected chi connectivity index (χ3v) is 1.88. The molecule has 1 rings (SSSR count). The van der Waals surface area contributed by atoms with Crippen molar-refractivity contribution in [1.29, 1.82) is 10.5 Å². The van der Waals surface area contributed by atoms with Crippen LogP contribution in [0.1, 0.15) is 5.56 Å². The van der Waals surface area contributed by atoms with E-state index in [0.717, 1.165) is 6.07 Å². The van der Waals surface area contributed by atoms with E-state index < -0.39 is 11.6 Å². The number of nitriles is 2. The molecule has 1 aromatic carbocycles. The first-order valence-corrected chi connectivity index (χ1v) is 4.16. The molecular formula is C10H4ClFN2O. The molecule has 0 unspecified atom stereocenters. The predicted molar refractivity (Wildman–Crippen MR) is 52.3 cm³/mol. The smallest absolute Gasteiger partial charge is 0.170 e. The van der Waals surface area contributed by atoms with Gasteiger partial charge in [-0.1, -0.05) is 11.6 Å². The Morgan fingerprint density at radius 2 is 2.00 bits per heavy atom. The lowest BCUT2D eigenvalue weighted by Crippen LogP contribution is -1.82. The van der Waals surface area contributed by atoms with Crippen molar-refractivity contribution in [3.63, 3.8) is 0 Å². The van der Waals surface area contributed by atoms with Gasteiger partial charge in [0.15, 0.2) is 11.6 Å². The molecule has 0 spiro atoms. The molecule has 15 heavy (non-hydrogen) atoms. The van der Waals surface area contributed by atoms with Crippen LogP contribution in [0.4, 0.5) is 4.39 Å². The number of allylic oxidation sites excluding steroid dienone is 1. The second kappa shape index (κ2) is 4.45. The van der Waals surface area contributed by atoms with Crippen LogP contribution in [0.5, 0.6) is 5.75 Å². The maximum Gasteiger partial charge on any atom is 0.170 e. The second-order valence-electron chi connectivity index (χ2n) is 2.61. The Morgan fingerprint density at radius 1 is 1.40 bits per heavy atom. The van der Waals surface area contributed by atoms with Gasteiger partial charge in [0.1, 0.15) is 17.7 Å². The monoisotopic (exact) mass is 222 g/mol. The summed E-state index contributed by atoms with van der Waals surface area (Å²) in [5.41, 5.74) is 0.0737. The highest BCUT2D eigenvalue weighted by Crippen LogP contribution is 2.28. The molecule has 0 aliphatic carbocycles. The van der Waals surface area contributed by atoms with E-state index in [4.69, 9.17) is 27.2 Å². The van der Waals surface area contributed by atoms with Crippen LogP contribution in [-0.4, -0.2) is 5.11 Å². The van der Waals surface area contributed by atoms with Crippen LogP contribution in [0.3, 0.4) is 0 Å². The molecule has 1 aromatic rings. The van der Waals surface area contributed by atoms with Crippen molar-refractivity contribution in [3.8, 4) is 17.9 Å². The average molecular weight is 223 g/mol. The van der Waals surface area contributed by atoms with Gasteiger partial charge in [0.05, 0.1) is 5.02 Å². The summed E-state index contributed by atoms with van der Waals surface area (Å²) in [7, 11) is 0. The number of nitrogens with zero attached hydrogens (tertiary/aromatic N) is 2. The lowest BCUT2D eigenvalue weighted by Gasteiger charge is -2.00. The Morgan fingerprint density at radius 3 is 2.47 bits per heavy atom. The Kier molecular flexibility index (Phi) is 3.28. The molecule has 0 aliphatic rings. The fourth-order valence-electron chi connectivity index (χ4n) is 0.925. The Balaban J connectivity index is 3.26. The van der Waals surface area contributed by atoms with Crippen LogP contribution in [-0.2, 0) is 0 Å². The van der Waals surface area contributed by atoms with Crippen molar-refractivity contribution in [2.75, 3.05) is 0 Å². The lowest BCUT2D eigenvalue weighted by atomic mass is 10.1. The molecule has 5 heteroatoms. The maximum atomic E-state index is 13.0. The van der Waals surface area contributed by atoms with Crippen molar-refractivity contribution in [2.24, 2.45) is 0 Å². The van der Waals surface area contributed by atoms with Crippen LogP contribution in [0.25, 0.3) is 6.08 Å². The van der Waals surface area contributed by atoms with Crippen LogP contribution < -0.4 is 0 Å². The van der Waals surface area contributed by atoms with Crippen molar-refractivity contribution >= 4 is 17.7 Å². The number of halogens is 2. The first-order chi connectivity index (χ1) is 7.08. The van der Waals surface area contributed by atoms with Crippen molar-refractivity contribution in [3.05, 3.63) is 34.1 Å². The van der Waals surface area contributed by atoms with Crippen molar-refractivity contribution < 1.29 is 9.50 Å². The standard InChI is InChI=1S/C10H4ClFN2O/c11-8-2-6(1-7(4-13)5-14)3-9(12)10(8)15/h1-3,15H. The SMILES string of the molecule is N#CC(C#N)=Cc1cc(F)c(O)c(Cl)c1. The van der Waals surface area contributed by atoms with Crippen LogP contribution in [0, 0.1) is 28.5 Å². The highest BCUT2D eigenvalue weighted by atomic mass is 35.5. The normalized spacial score (nSPS) is 8.80. The molecule has 0 bridgehead atoms. The summed E-state index contributed by atoms with van der Waals surface area (Å²) in [6, 6.07) is 5.49. The molecule has 0 amide bonds. The third kappa shape index (κ3) is 2.46. The van der Waals surface area contributed by atoms with Gasteiger partial charge >= 0.3 is 0 Å². The first kappa shape index (κ1) is 11.0. The summed E-state index contributed by atoms with van der Waals surface area (Å²) in [6.45, 7) is 0.